The van der Waals surface area contributed by atoms with Crippen molar-refractivity contribution in [3.05, 3.63) is 84.0 Å². The smallest absolute Gasteiger partial charge is 0.236 e. The fourth-order valence-corrected chi connectivity index (χ4v) is 4.80. The van der Waals surface area contributed by atoms with Crippen molar-refractivity contribution < 1.29 is 13.2 Å². The van der Waals surface area contributed by atoms with Crippen molar-refractivity contribution in [2.45, 2.75) is 12.8 Å². The molecule has 1 aromatic heterocycles. The van der Waals surface area contributed by atoms with Crippen molar-refractivity contribution in [3.8, 4) is 5.69 Å². The molecule has 0 spiro atoms. The minimum absolute atomic E-state index is 0.0884. The molecule has 0 bridgehead atoms. The summed E-state index contributed by atoms with van der Waals surface area (Å²) in [4.78, 5) is 12.7. The SMILES string of the molecule is O=C(Nc1cccc(-n2cccn2)c1)C1CCN(S(=O)(=O)/C=C/c2ccccc2)CC1. The van der Waals surface area contributed by atoms with E-state index in [-0.39, 0.29) is 11.8 Å². The molecule has 1 saturated heterocycles. The predicted molar refractivity (Wildman–Crippen MR) is 121 cm³/mol. The van der Waals surface area contributed by atoms with Crippen LogP contribution in [0.2, 0.25) is 0 Å². The second-order valence-corrected chi connectivity index (χ2v) is 9.24. The van der Waals surface area contributed by atoms with E-state index in [9.17, 15) is 13.2 Å². The number of amides is 1. The normalized spacial score (nSPS) is 15.9. The van der Waals surface area contributed by atoms with Crippen LogP contribution in [-0.2, 0) is 14.8 Å². The van der Waals surface area contributed by atoms with Crippen LogP contribution in [0.15, 0.2) is 78.5 Å². The van der Waals surface area contributed by atoms with E-state index in [1.807, 2.05) is 66.9 Å². The Morgan fingerprint density at radius 3 is 2.52 bits per heavy atom. The van der Waals surface area contributed by atoms with Gasteiger partial charge in [-0.2, -0.15) is 9.40 Å². The highest BCUT2D eigenvalue weighted by Gasteiger charge is 2.30. The van der Waals surface area contributed by atoms with Gasteiger partial charge in [0.2, 0.25) is 15.9 Å². The van der Waals surface area contributed by atoms with E-state index in [0.717, 1.165) is 11.3 Å². The predicted octanol–water partition coefficient (Wildman–Crippen LogP) is 3.52. The first-order chi connectivity index (χ1) is 15.0. The van der Waals surface area contributed by atoms with Gasteiger partial charge in [0, 0.05) is 42.5 Å². The van der Waals surface area contributed by atoms with Crippen LogP contribution in [0.25, 0.3) is 11.8 Å². The summed E-state index contributed by atoms with van der Waals surface area (Å²) in [5.41, 5.74) is 2.38. The molecule has 0 unspecified atom stereocenters. The van der Waals surface area contributed by atoms with Gasteiger partial charge in [0.15, 0.2) is 0 Å². The lowest BCUT2D eigenvalue weighted by Crippen LogP contribution is -2.40. The molecule has 0 radical (unpaired) electrons. The maximum Gasteiger partial charge on any atom is 0.236 e. The van der Waals surface area contributed by atoms with Gasteiger partial charge in [-0.1, -0.05) is 36.4 Å². The van der Waals surface area contributed by atoms with Crippen LogP contribution < -0.4 is 5.32 Å². The van der Waals surface area contributed by atoms with E-state index in [2.05, 4.69) is 10.4 Å². The lowest BCUT2D eigenvalue weighted by atomic mass is 9.97. The largest absolute Gasteiger partial charge is 0.326 e. The van der Waals surface area contributed by atoms with Crippen molar-refractivity contribution in [2.24, 2.45) is 5.92 Å². The van der Waals surface area contributed by atoms with Gasteiger partial charge in [0.05, 0.1) is 5.69 Å². The van der Waals surface area contributed by atoms with Gasteiger partial charge in [-0.3, -0.25) is 4.79 Å². The number of piperidine rings is 1. The highest BCUT2D eigenvalue weighted by molar-refractivity contribution is 7.92. The summed E-state index contributed by atoms with van der Waals surface area (Å²) in [6.07, 6.45) is 6.11. The number of sulfonamides is 1. The second-order valence-electron chi connectivity index (χ2n) is 7.42. The van der Waals surface area contributed by atoms with Crippen molar-refractivity contribution in [2.75, 3.05) is 18.4 Å². The van der Waals surface area contributed by atoms with Gasteiger partial charge in [-0.25, -0.2) is 13.1 Å². The van der Waals surface area contributed by atoms with Gasteiger partial charge < -0.3 is 5.32 Å². The first kappa shape index (κ1) is 21.0. The van der Waals surface area contributed by atoms with Gasteiger partial charge in [-0.15, -0.1) is 0 Å². The molecular weight excluding hydrogens is 412 g/mol. The average Bonchev–Trinajstić information content (AvgIpc) is 3.34. The number of nitrogens with zero attached hydrogens (tertiary/aromatic N) is 3. The lowest BCUT2D eigenvalue weighted by molar-refractivity contribution is -0.120. The Kier molecular flexibility index (Phi) is 6.29. The molecule has 2 aromatic carbocycles. The number of benzene rings is 2. The van der Waals surface area contributed by atoms with Gasteiger partial charge in [0.25, 0.3) is 0 Å². The molecule has 160 valence electrons. The Morgan fingerprint density at radius 2 is 1.81 bits per heavy atom. The van der Waals surface area contributed by atoms with Crippen LogP contribution in [-0.4, -0.2) is 41.5 Å². The monoisotopic (exact) mass is 436 g/mol. The Hall–Kier alpha value is -3.23. The van der Waals surface area contributed by atoms with Crippen LogP contribution in [0.4, 0.5) is 5.69 Å². The third kappa shape index (κ3) is 5.28. The molecule has 1 aliphatic rings. The molecule has 2 heterocycles. The molecule has 0 atom stereocenters. The quantitative estimate of drug-likeness (QED) is 0.641. The Morgan fingerprint density at radius 1 is 1.03 bits per heavy atom. The van der Waals surface area contributed by atoms with Crippen molar-refractivity contribution in [3.63, 3.8) is 0 Å². The summed E-state index contributed by atoms with van der Waals surface area (Å²) in [6.45, 7) is 0.653. The standard InChI is InChI=1S/C23H24N4O3S/c28-23(25-21-8-4-9-22(18-21)27-14-5-13-24-27)20-10-15-26(16-11-20)31(29,30)17-12-19-6-2-1-3-7-19/h1-9,12-14,17-18,20H,10-11,15-16H2,(H,25,28)/b17-12+. The van der Waals surface area contributed by atoms with E-state index >= 15 is 0 Å². The maximum atomic E-state index is 12.7. The molecule has 7 nitrogen and oxygen atoms in total. The third-order valence-corrected chi connectivity index (χ3v) is 6.86. The van der Waals surface area contributed by atoms with E-state index in [4.69, 9.17) is 0 Å². The molecule has 1 N–H and O–H groups in total. The van der Waals surface area contributed by atoms with Crippen LogP contribution in [0.1, 0.15) is 18.4 Å². The zero-order valence-electron chi connectivity index (χ0n) is 17.0. The molecule has 0 saturated carbocycles. The highest BCUT2D eigenvalue weighted by Crippen LogP contribution is 2.23. The summed E-state index contributed by atoms with van der Waals surface area (Å²) >= 11 is 0. The van der Waals surface area contributed by atoms with Gasteiger partial charge in [0.1, 0.15) is 0 Å². The number of aromatic nitrogens is 2. The molecule has 0 aliphatic carbocycles. The number of carbonyl (C=O) groups is 1. The van der Waals surface area contributed by atoms with Gasteiger partial charge in [-0.05, 0) is 48.7 Å². The fraction of sp³-hybridized carbons (Fsp3) is 0.217. The molecule has 1 amide bonds. The summed E-state index contributed by atoms with van der Waals surface area (Å²) in [7, 11) is -3.51. The van der Waals surface area contributed by atoms with E-state index in [0.29, 0.717) is 31.6 Å². The summed E-state index contributed by atoms with van der Waals surface area (Å²) in [5, 5.41) is 8.39. The van der Waals surface area contributed by atoms with Crippen molar-refractivity contribution >= 4 is 27.7 Å². The number of anilines is 1. The van der Waals surface area contributed by atoms with Crippen LogP contribution in [0.5, 0.6) is 0 Å². The first-order valence-corrected chi connectivity index (χ1v) is 11.7. The minimum atomic E-state index is -3.51. The Labute approximate surface area is 182 Å². The van der Waals surface area contributed by atoms with Gasteiger partial charge >= 0.3 is 0 Å². The first-order valence-electron chi connectivity index (χ1n) is 10.2. The molecule has 8 heteroatoms. The topological polar surface area (TPSA) is 84.3 Å². The average molecular weight is 437 g/mol. The van der Waals surface area contributed by atoms with Crippen LogP contribution in [0, 0.1) is 5.92 Å². The number of hydrogen-bond donors (Lipinski definition) is 1. The zero-order valence-corrected chi connectivity index (χ0v) is 17.8. The number of hydrogen-bond acceptors (Lipinski definition) is 4. The fourth-order valence-electron chi connectivity index (χ4n) is 3.58. The lowest BCUT2D eigenvalue weighted by Gasteiger charge is -2.29. The van der Waals surface area contributed by atoms with Crippen molar-refractivity contribution in [1.82, 2.24) is 14.1 Å². The summed E-state index contributed by atoms with van der Waals surface area (Å²) in [6, 6.07) is 18.6. The number of rotatable bonds is 6. The van der Waals surface area contributed by atoms with E-state index < -0.39 is 10.0 Å². The Balaban J connectivity index is 1.34. The second kappa shape index (κ2) is 9.28. The van der Waals surface area contributed by atoms with E-state index in [1.165, 1.54) is 9.71 Å². The third-order valence-electron chi connectivity index (χ3n) is 5.30. The minimum Gasteiger partial charge on any atom is -0.326 e. The maximum absolute atomic E-state index is 12.7. The number of carbonyl (C=O) groups excluding carboxylic acids is 1. The number of nitrogens with one attached hydrogen (secondary N) is 1. The van der Waals surface area contributed by atoms with E-state index in [1.54, 1.807) is 17.0 Å². The zero-order chi connectivity index (χ0) is 21.7. The summed E-state index contributed by atoms with van der Waals surface area (Å²) in [5.74, 6) is -0.313. The summed E-state index contributed by atoms with van der Waals surface area (Å²) < 4.78 is 28.4. The van der Waals surface area contributed by atoms with Crippen LogP contribution >= 0.6 is 0 Å². The molecule has 1 fully saturated rings. The van der Waals surface area contributed by atoms with Crippen LogP contribution in [0.3, 0.4) is 0 Å². The molecule has 3 aromatic rings. The molecule has 31 heavy (non-hydrogen) atoms. The molecule has 4 rings (SSSR count). The molecule has 1 aliphatic heterocycles. The highest BCUT2D eigenvalue weighted by atomic mass is 32.2. The molecular formula is C23H24N4O3S. The Bertz CT molecular complexity index is 1150. The van der Waals surface area contributed by atoms with Crippen molar-refractivity contribution in [1.29, 1.82) is 0 Å².